The summed E-state index contributed by atoms with van der Waals surface area (Å²) in [6, 6.07) is 0. The Morgan fingerprint density at radius 2 is 2.08 bits per heavy atom. The molecule has 0 radical (unpaired) electrons. The van der Waals surface area contributed by atoms with Crippen LogP contribution >= 0.6 is 11.8 Å². The van der Waals surface area contributed by atoms with Gasteiger partial charge in [-0.1, -0.05) is 26.0 Å². The van der Waals surface area contributed by atoms with Crippen molar-refractivity contribution in [3.8, 4) is 0 Å². The molecule has 1 nitrogen and oxygen atoms in total. The van der Waals surface area contributed by atoms with Crippen molar-refractivity contribution in [2.24, 2.45) is 5.92 Å². The van der Waals surface area contributed by atoms with Gasteiger partial charge in [-0.05, 0) is 18.6 Å². The summed E-state index contributed by atoms with van der Waals surface area (Å²) >= 11 is 1.72. The van der Waals surface area contributed by atoms with Crippen molar-refractivity contribution in [3.05, 3.63) is 12.2 Å². The first-order valence-electron chi connectivity index (χ1n) is 4.26. The Hall–Kier alpha value is -0.240. The summed E-state index contributed by atoms with van der Waals surface area (Å²) in [5, 5.41) is 0. The lowest BCUT2D eigenvalue weighted by molar-refractivity contribution is -0.115. The van der Waals surface area contributed by atoms with Crippen molar-refractivity contribution in [2.75, 3.05) is 11.5 Å². The van der Waals surface area contributed by atoms with Gasteiger partial charge in [-0.25, -0.2) is 0 Å². The second-order valence-corrected chi connectivity index (χ2v) is 4.61. The van der Waals surface area contributed by atoms with Crippen molar-refractivity contribution >= 4 is 17.5 Å². The van der Waals surface area contributed by atoms with Gasteiger partial charge < -0.3 is 0 Å². The minimum absolute atomic E-state index is 0.299. The molecule has 0 aromatic heterocycles. The molecule has 0 bridgehead atoms. The van der Waals surface area contributed by atoms with Crippen LogP contribution in [0.5, 0.6) is 0 Å². The Morgan fingerprint density at radius 1 is 1.50 bits per heavy atom. The number of carbonyl (C=O) groups is 1. The molecule has 0 aliphatic heterocycles. The van der Waals surface area contributed by atoms with E-state index in [0.29, 0.717) is 23.9 Å². The van der Waals surface area contributed by atoms with Crippen LogP contribution in [0.1, 0.15) is 27.2 Å². The minimum Gasteiger partial charge on any atom is -0.298 e. The highest BCUT2D eigenvalue weighted by Crippen LogP contribution is 2.09. The maximum atomic E-state index is 11.2. The number of hydrogen-bond acceptors (Lipinski definition) is 2. The molecule has 70 valence electrons. The smallest absolute Gasteiger partial charge is 0.146 e. The summed E-state index contributed by atoms with van der Waals surface area (Å²) in [5.74, 6) is 2.69. The van der Waals surface area contributed by atoms with E-state index in [1.54, 1.807) is 11.8 Å². The molecule has 0 saturated carbocycles. The van der Waals surface area contributed by atoms with Gasteiger partial charge in [-0.15, -0.1) is 0 Å². The van der Waals surface area contributed by atoms with Gasteiger partial charge in [0.15, 0.2) is 0 Å². The third-order valence-corrected chi connectivity index (χ3v) is 2.64. The van der Waals surface area contributed by atoms with E-state index in [1.165, 1.54) is 0 Å². The molecule has 0 unspecified atom stereocenters. The topological polar surface area (TPSA) is 17.1 Å². The standard InChI is InChI=1S/C10H18OS/c1-8(2)5-10(11)7-12-6-9(3)4/h9H,1,5-7H2,2-4H3. The van der Waals surface area contributed by atoms with Crippen molar-refractivity contribution in [3.63, 3.8) is 0 Å². The van der Waals surface area contributed by atoms with E-state index in [0.717, 1.165) is 11.3 Å². The van der Waals surface area contributed by atoms with E-state index in [4.69, 9.17) is 0 Å². The van der Waals surface area contributed by atoms with Crippen LogP contribution < -0.4 is 0 Å². The minimum atomic E-state index is 0.299. The molecule has 0 aliphatic carbocycles. The van der Waals surface area contributed by atoms with E-state index < -0.39 is 0 Å². The highest BCUT2D eigenvalue weighted by molar-refractivity contribution is 7.99. The maximum Gasteiger partial charge on any atom is 0.146 e. The summed E-state index contributed by atoms with van der Waals surface area (Å²) in [6.45, 7) is 9.93. The van der Waals surface area contributed by atoms with Crippen molar-refractivity contribution in [1.82, 2.24) is 0 Å². The van der Waals surface area contributed by atoms with Gasteiger partial charge in [-0.2, -0.15) is 11.8 Å². The van der Waals surface area contributed by atoms with E-state index >= 15 is 0 Å². The van der Waals surface area contributed by atoms with Crippen LogP contribution in [0, 0.1) is 5.92 Å². The molecule has 0 saturated heterocycles. The predicted molar refractivity (Wildman–Crippen MR) is 56.6 cm³/mol. The number of ketones is 1. The van der Waals surface area contributed by atoms with Crippen LogP contribution in [-0.2, 0) is 4.79 Å². The van der Waals surface area contributed by atoms with Gasteiger partial charge in [0.05, 0.1) is 5.75 Å². The molecular formula is C10H18OS. The lowest BCUT2D eigenvalue weighted by atomic mass is 10.2. The number of rotatable bonds is 6. The molecule has 0 atom stereocenters. The molecule has 2 heteroatoms. The van der Waals surface area contributed by atoms with Crippen molar-refractivity contribution in [2.45, 2.75) is 27.2 Å². The molecule has 0 rings (SSSR count). The lowest BCUT2D eigenvalue weighted by Crippen LogP contribution is -2.03. The first-order chi connectivity index (χ1) is 5.52. The number of Topliss-reactive ketones (excluding diaryl/α,β-unsaturated/α-hetero) is 1. The number of allylic oxidation sites excluding steroid dienone is 1. The molecule has 0 spiro atoms. The van der Waals surface area contributed by atoms with Crippen molar-refractivity contribution < 1.29 is 4.79 Å². The molecule has 0 amide bonds. The zero-order valence-corrected chi connectivity index (χ0v) is 9.04. The SMILES string of the molecule is C=C(C)CC(=O)CSCC(C)C. The van der Waals surface area contributed by atoms with Crippen LogP contribution in [-0.4, -0.2) is 17.3 Å². The summed E-state index contributed by atoms with van der Waals surface area (Å²) in [4.78, 5) is 11.2. The number of carbonyl (C=O) groups excluding carboxylic acids is 1. The second kappa shape index (κ2) is 6.30. The summed E-state index contributed by atoms with van der Waals surface area (Å²) < 4.78 is 0. The molecular weight excluding hydrogens is 168 g/mol. The molecule has 0 N–H and O–H groups in total. The fourth-order valence-corrected chi connectivity index (χ4v) is 1.72. The Bertz CT molecular complexity index is 161. The van der Waals surface area contributed by atoms with E-state index in [-0.39, 0.29) is 0 Å². The first-order valence-corrected chi connectivity index (χ1v) is 5.41. The molecule has 0 aromatic carbocycles. The Kier molecular flexibility index (Phi) is 6.17. The van der Waals surface area contributed by atoms with Crippen LogP contribution in [0.15, 0.2) is 12.2 Å². The number of thioether (sulfide) groups is 1. The van der Waals surface area contributed by atoms with E-state index in [9.17, 15) is 4.79 Å². The average Bonchev–Trinajstić information content (AvgIpc) is 1.84. The molecule has 0 heterocycles. The zero-order valence-electron chi connectivity index (χ0n) is 8.22. The van der Waals surface area contributed by atoms with Gasteiger partial charge in [-0.3, -0.25) is 4.79 Å². The summed E-state index contributed by atoms with van der Waals surface area (Å²) in [7, 11) is 0. The van der Waals surface area contributed by atoms with Crippen LogP contribution in [0.25, 0.3) is 0 Å². The molecule has 12 heavy (non-hydrogen) atoms. The first kappa shape index (κ1) is 11.8. The van der Waals surface area contributed by atoms with E-state index in [1.807, 2.05) is 6.92 Å². The fourth-order valence-electron chi connectivity index (χ4n) is 0.796. The Labute approximate surface area is 79.6 Å². The monoisotopic (exact) mass is 186 g/mol. The Balaban J connectivity index is 3.38. The quantitative estimate of drug-likeness (QED) is 0.593. The van der Waals surface area contributed by atoms with Crippen LogP contribution in [0.4, 0.5) is 0 Å². The summed E-state index contributed by atoms with van der Waals surface area (Å²) in [5.41, 5.74) is 0.963. The van der Waals surface area contributed by atoms with Crippen molar-refractivity contribution in [1.29, 1.82) is 0 Å². The number of hydrogen-bond donors (Lipinski definition) is 0. The largest absolute Gasteiger partial charge is 0.298 e. The third kappa shape index (κ3) is 7.86. The molecule has 0 aliphatic rings. The maximum absolute atomic E-state index is 11.2. The Morgan fingerprint density at radius 3 is 2.50 bits per heavy atom. The zero-order chi connectivity index (χ0) is 9.56. The predicted octanol–water partition coefficient (Wildman–Crippen LogP) is 2.91. The van der Waals surface area contributed by atoms with Gasteiger partial charge in [0, 0.05) is 6.42 Å². The van der Waals surface area contributed by atoms with Crippen LogP contribution in [0.2, 0.25) is 0 Å². The molecule has 0 fully saturated rings. The van der Waals surface area contributed by atoms with Gasteiger partial charge in [0.1, 0.15) is 5.78 Å². The van der Waals surface area contributed by atoms with Crippen LogP contribution in [0.3, 0.4) is 0 Å². The van der Waals surface area contributed by atoms with Gasteiger partial charge in [0.2, 0.25) is 0 Å². The van der Waals surface area contributed by atoms with Gasteiger partial charge >= 0.3 is 0 Å². The fraction of sp³-hybridized carbons (Fsp3) is 0.700. The molecule has 0 aromatic rings. The lowest BCUT2D eigenvalue weighted by Gasteiger charge is -2.03. The average molecular weight is 186 g/mol. The normalized spacial score (nSPS) is 10.3. The van der Waals surface area contributed by atoms with Gasteiger partial charge in [0.25, 0.3) is 0 Å². The second-order valence-electron chi connectivity index (χ2n) is 3.58. The highest BCUT2D eigenvalue weighted by Gasteiger charge is 2.02. The third-order valence-electron chi connectivity index (χ3n) is 1.21. The summed E-state index contributed by atoms with van der Waals surface area (Å²) in [6.07, 6.45) is 0.547. The highest BCUT2D eigenvalue weighted by atomic mass is 32.2. The van der Waals surface area contributed by atoms with E-state index in [2.05, 4.69) is 20.4 Å².